The van der Waals surface area contributed by atoms with Crippen LogP contribution in [0.25, 0.3) is 110 Å². The Labute approximate surface area is 301 Å². The Morgan fingerprint density at radius 1 is 0.453 bits per heavy atom. The van der Waals surface area contributed by atoms with Crippen LogP contribution in [0.2, 0.25) is 0 Å². The lowest BCUT2D eigenvalue weighted by Crippen LogP contribution is -2.06. The first-order chi connectivity index (χ1) is 26.2. The van der Waals surface area contributed by atoms with E-state index in [4.69, 9.17) is 30.4 Å². The number of hydrogen-bond donors (Lipinski definition) is 0. The Bertz CT molecular complexity index is 3260. The van der Waals surface area contributed by atoms with E-state index in [1.165, 1.54) is 0 Å². The van der Waals surface area contributed by atoms with Crippen LogP contribution < -0.4 is 0 Å². The van der Waals surface area contributed by atoms with E-state index in [9.17, 15) is 0 Å². The molecule has 246 valence electrons. The molecule has 0 saturated carbocycles. The molecule has 4 aromatic heterocycles. The number of nitrogens with zero attached hydrogens (tertiary/aromatic N) is 5. The number of fused-ring (bicyclic) bond motifs is 9. The van der Waals surface area contributed by atoms with E-state index in [0.717, 1.165) is 87.9 Å². The molecule has 11 rings (SSSR count). The van der Waals surface area contributed by atoms with E-state index in [1.807, 2.05) is 72.8 Å². The van der Waals surface area contributed by atoms with Gasteiger partial charge in [-0.25, -0.2) is 9.83 Å². The molecule has 7 nitrogen and oxygen atoms in total. The van der Waals surface area contributed by atoms with Gasteiger partial charge in [0.25, 0.3) is 0 Å². The highest BCUT2D eigenvalue weighted by Gasteiger charge is 2.19. The summed E-state index contributed by atoms with van der Waals surface area (Å²) in [6.07, 6.45) is 0. The first-order valence-electron chi connectivity index (χ1n) is 17.3. The van der Waals surface area contributed by atoms with Gasteiger partial charge in [-0.05, 0) is 65.7 Å². The summed E-state index contributed by atoms with van der Waals surface area (Å²) < 4.78 is 14.9. The molecule has 4 heterocycles. The predicted molar refractivity (Wildman–Crippen MR) is 211 cm³/mol. The maximum Gasteiger partial charge on any atom is 0.238 e. The topological polar surface area (TPSA) is 74.2 Å². The average Bonchev–Trinajstić information content (AvgIpc) is 3.89. The molecule has 0 amide bonds. The van der Waals surface area contributed by atoms with Gasteiger partial charge in [0.15, 0.2) is 17.3 Å². The van der Waals surface area contributed by atoms with Gasteiger partial charge >= 0.3 is 0 Å². The summed E-state index contributed by atoms with van der Waals surface area (Å²) >= 11 is 0. The van der Waals surface area contributed by atoms with Crippen LogP contribution in [0.1, 0.15) is 0 Å². The average molecular weight is 680 g/mol. The fourth-order valence-electron chi connectivity index (χ4n) is 7.66. The lowest BCUT2D eigenvalue weighted by Gasteiger charge is -2.10. The fraction of sp³-hybridized carbons (Fsp3) is 0. The number of benzene rings is 7. The van der Waals surface area contributed by atoms with Gasteiger partial charge in [-0.15, -0.1) is 0 Å². The molecule has 0 aliphatic carbocycles. The van der Waals surface area contributed by atoms with Gasteiger partial charge in [-0.2, -0.15) is 9.97 Å². The lowest BCUT2D eigenvalue weighted by molar-refractivity contribution is 0.668. The maximum absolute atomic E-state index is 7.53. The van der Waals surface area contributed by atoms with E-state index in [1.54, 1.807) is 6.07 Å². The highest BCUT2D eigenvalue weighted by molar-refractivity contribution is 6.14. The van der Waals surface area contributed by atoms with Crippen LogP contribution in [-0.4, -0.2) is 19.5 Å². The first kappa shape index (κ1) is 29.2. The zero-order valence-electron chi connectivity index (χ0n) is 28.0. The van der Waals surface area contributed by atoms with Gasteiger partial charge in [0.2, 0.25) is 5.95 Å². The van der Waals surface area contributed by atoms with Gasteiger partial charge in [0.1, 0.15) is 22.3 Å². The van der Waals surface area contributed by atoms with E-state index in [0.29, 0.717) is 23.3 Å². The predicted octanol–water partition coefficient (Wildman–Crippen LogP) is 12.3. The summed E-state index contributed by atoms with van der Waals surface area (Å²) in [7, 11) is 0. The molecule has 0 aliphatic rings. The Morgan fingerprint density at radius 2 is 1.09 bits per heavy atom. The van der Waals surface area contributed by atoms with Crippen molar-refractivity contribution in [2.75, 3.05) is 0 Å². The molecular weight excluding hydrogens is 655 g/mol. The van der Waals surface area contributed by atoms with Gasteiger partial charge in [-0.1, -0.05) is 97.1 Å². The number of rotatable bonds is 4. The van der Waals surface area contributed by atoms with Gasteiger partial charge in [0.05, 0.1) is 17.6 Å². The van der Waals surface area contributed by atoms with Crippen LogP contribution in [0.4, 0.5) is 5.69 Å². The van der Waals surface area contributed by atoms with E-state index < -0.39 is 0 Å². The Balaban J connectivity index is 1.08. The van der Waals surface area contributed by atoms with Crippen molar-refractivity contribution in [3.8, 4) is 39.9 Å². The van der Waals surface area contributed by atoms with Crippen molar-refractivity contribution in [3.63, 3.8) is 0 Å². The molecule has 0 atom stereocenters. The Hall–Kier alpha value is -7.56. The van der Waals surface area contributed by atoms with Crippen LogP contribution in [0, 0.1) is 6.57 Å². The summed E-state index contributed by atoms with van der Waals surface area (Å²) in [6.45, 7) is 7.53. The second kappa shape index (κ2) is 11.2. The number of para-hydroxylation sites is 2. The molecule has 0 bridgehead atoms. The van der Waals surface area contributed by atoms with Crippen molar-refractivity contribution < 1.29 is 8.83 Å². The molecule has 0 aliphatic heterocycles. The standard InChI is InChI=1S/C46H25N5O2/c1-47-30-20-23-39-36(26-30)43-31(14-9-17-40(43)52-39)28-18-21-34-35-22-19-29(25-42(35)53-41(34)24-28)45-48-44(27-10-3-2-4-11-27)49-46(50-45)51-37-15-7-5-12-32(37)33-13-6-8-16-38(33)51/h2-26H. The van der Waals surface area contributed by atoms with Crippen molar-refractivity contribution in [2.45, 2.75) is 0 Å². The molecule has 7 heteroatoms. The van der Waals surface area contributed by atoms with Gasteiger partial charge in [-0.3, -0.25) is 4.57 Å². The largest absolute Gasteiger partial charge is 0.456 e. The third-order valence-electron chi connectivity index (χ3n) is 10.1. The molecule has 11 aromatic rings. The van der Waals surface area contributed by atoms with E-state index >= 15 is 0 Å². The fourth-order valence-corrected chi connectivity index (χ4v) is 7.66. The van der Waals surface area contributed by atoms with Crippen LogP contribution in [0.15, 0.2) is 160 Å². The third-order valence-corrected chi connectivity index (χ3v) is 10.1. The second-order valence-electron chi connectivity index (χ2n) is 13.1. The molecule has 53 heavy (non-hydrogen) atoms. The zero-order valence-corrected chi connectivity index (χ0v) is 28.0. The minimum Gasteiger partial charge on any atom is -0.456 e. The van der Waals surface area contributed by atoms with E-state index in [-0.39, 0.29) is 0 Å². The third kappa shape index (κ3) is 4.50. The Kier molecular flexibility index (Phi) is 6.18. The first-order valence-corrected chi connectivity index (χ1v) is 17.3. The summed E-state index contributed by atoms with van der Waals surface area (Å²) in [6, 6.07) is 50.8. The smallest absolute Gasteiger partial charge is 0.238 e. The van der Waals surface area contributed by atoms with Crippen molar-refractivity contribution in [3.05, 3.63) is 163 Å². The molecule has 7 aromatic carbocycles. The number of aromatic nitrogens is 4. The highest BCUT2D eigenvalue weighted by Crippen LogP contribution is 2.41. The minimum absolute atomic E-state index is 0.546. The summed E-state index contributed by atoms with van der Waals surface area (Å²) in [5.74, 6) is 1.69. The van der Waals surface area contributed by atoms with Crippen molar-refractivity contribution in [1.82, 2.24) is 19.5 Å². The second-order valence-corrected chi connectivity index (χ2v) is 13.1. The van der Waals surface area contributed by atoms with Gasteiger partial charge in [0, 0.05) is 43.4 Å². The molecule has 0 N–H and O–H groups in total. The summed E-state index contributed by atoms with van der Waals surface area (Å²) in [5.41, 5.74) is 9.42. The minimum atomic E-state index is 0.546. The maximum atomic E-state index is 7.53. The summed E-state index contributed by atoms with van der Waals surface area (Å²) in [5, 5.41) is 6.20. The normalized spacial score (nSPS) is 11.8. The van der Waals surface area contributed by atoms with Crippen molar-refractivity contribution >= 4 is 71.4 Å². The molecule has 0 spiro atoms. The van der Waals surface area contributed by atoms with Gasteiger partial charge < -0.3 is 8.83 Å². The lowest BCUT2D eigenvalue weighted by atomic mass is 9.98. The molecule has 0 radical (unpaired) electrons. The van der Waals surface area contributed by atoms with Crippen molar-refractivity contribution in [1.29, 1.82) is 0 Å². The highest BCUT2D eigenvalue weighted by atomic mass is 16.3. The van der Waals surface area contributed by atoms with Crippen molar-refractivity contribution in [2.24, 2.45) is 0 Å². The van der Waals surface area contributed by atoms with E-state index in [2.05, 4.69) is 82.2 Å². The Morgan fingerprint density at radius 3 is 1.83 bits per heavy atom. The van der Waals surface area contributed by atoms with Crippen LogP contribution in [0.5, 0.6) is 0 Å². The number of furan rings is 2. The molecular formula is C46H25N5O2. The number of hydrogen-bond acceptors (Lipinski definition) is 5. The van der Waals surface area contributed by atoms with Crippen LogP contribution >= 0.6 is 0 Å². The molecule has 0 fully saturated rings. The van der Waals surface area contributed by atoms with Crippen LogP contribution in [-0.2, 0) is 0 Å². The zero-order chi connectivity index (χ0) is 35.0. The molecule has 0 unspecified atom stereocenters. The quantitative estimate of drug-likeness (QED) is 0.173. The summed E-state index contributed by atoms with van der Waals surface area (Å²) in [4.78, 5) is 18.8. The monoisotopic (exact) mass is 679 g/mol. The SMILES string of the molecule is [C-]#[N+]c1ccc2oc3cccc(-c4ccc5c(c4)oc4cc(-c6nc(-c7ccccc7)nc(-n7c8ccccc8c8ccccc87)n6)ccc45)c3c2c1. The van der Waals surface area contributed by atoms with Crippen LogP contribution in [0.3, 0.4) is 0 Å². The molecule has 0 saturated heterocycles.